The zero-order valence-corrected chi connectivity index (χ0v) is 7.24. The molecular formula is C10H9NO2. The molecule has 1 rings (SSSR count). The zero-order chi connectivity index (χ0) is 9.84. The van der Waals surface area contributed by atoms with E-state index in [4.69, 9.17) is 10.4 Å². The van der Waals surface area contributed by atoms with Gasteiger partial charge in [0.2, 0.25) is 0 Å². The van der Waals surface area contributed by atoms with Crippen molar-refractivity contribution in [3.63, 3.8) is 0 Å². The summed E-state index contributed by atoms with van der Waals surface area (Å²) in [4.78, 5) is 10.6. The fraction of sp³-hybridized carbons (Fsp3) is 0.200. The number of hydrogen-bond acceptors (Lipinski definition) is 2. The Labute approximate surface area is 76.2 Å². The topological polar surface area (TPSA) is 61.1 Å². The maximum atomic E-state index is 10.6. The van der Waals surface area contributed by atoms with Gasteiger partial charge in [-0.1, -0.05) is 13.0 Å². The molecule has 0 unspecified atom stereocenters. The second kappa shape index (κ2) is 3.72. The number of nitriles is 1. The summed E-state index contributed by atoms with van der Waals surface area (Å²) in [6.07, 6.45) is 0.739. The highest BCUT2D eigenvalue weighted by atomic mass is 16.4. The molecule has 0 amide bonds. The summed E-state index contributed by atoms with van der Waals surface area (Å²) in [7, 11) is 0. The predicted octanol–water partition coefficient (Wildman–Crippen LogP) is 1.82. The lowest BCUT2D eigenvalue weighted by Gasteiger charge is -2.00. The van der Waals surface area contributed by atoms with E-state index in [1.165, 1.54) is 12.1 Å². The number of carbonyl (C=O) groups is 1. The Morgan fingerprint density at radius 1 is 1.62 bits per heavy atom. The molecule has 0 bridgehead atoms. The molecule has 0 aliphatic heterocycles. The third-order valence-electron chi connectivity index (χ3n) is 1.86. The summed E-state index contributed by atoms with van der Waals surface area (Å²) in [5.74, 6) is -1.00. The largest absolute Gasteiger partial charge is 0.478 e. The van der Waals surface area contributed by atoms with Gasteiger partial charge in [0.25, 0.3) is 0 Å². The van der Waals surface area contributed by atoms with Gasteiger partial charge >= 0.3 is 5.97 Å². The van der Waals surface area contributed by atoms with Crippen LogP contribution in [0.3, 0.4) is 0 Å². The summed E-state index contributed by atoms with van der Waals surface area (Å²) in [6.45, 7) is 1.93. The number of aryl methyl sites for hydroxylation is 1. The quantitative estimate of drug-likeness (QED) is 0.745. The average Bonchev–Trinajstić information content (AvgIpc) is 2.16. The van der Waals surface area contributed by atoms with E-state index in [2.05, 4.69) is 0 Å². The Bertz CT molecular complexity index is 377. The average molecular weight is 175 g/mol. The summed E-state index contributed by atoms with van der Waals surface area (Å²) in [5, 5.41) is 17.4. The molecule has 13 heavy (non-hydrogen) atoms. The van der Waals surface area contributed by atoms with Gasteiger partial charge in [0.1, 0.15) is 0 Å². The van der Waals surface area contributed by atoms with Gasteiger partial charge in [0.15, 0.2) is 0 Å². The number of carboxylic acids is 1. The van der Waals surface area contributed by atoms with Crippen molar-refractivity contribution in [3.8, 4) is 6.07 Å². The highest BCUT2D eigenvalue weighted by molar-refractivity contribution is 5.88. The Hall–Kier alpha value is -1.82. The van der Waals surface area contributed by atoms with Crippen LogP contribution in [0.4, 0.5) is 0 Å². The van der Waals surface area contributed by atoms with Crippen molar-refractivity contribution in [2.75, 3.05) is 0 Å². The van der Waals surface area contributed by atoms with Gasteiger partial charge in [0, 0.05) is 0 Å². The first-order chi connectivity index (χ1) is 6.19. The molecule has 66 valence electrons. The van der Waals surface area contributed by atoms with Crippen LogP contribution < -0.4 is 0 Å². The monoisotopic (exact) mass is 175 g/mol. The van der Waals surface area contributed by atoms with Gasteiger partial charge in [-0.15, -0.1) is 0 Å². The summed E-state index contributed by atoms with van der Waals surface area (Å²) in [5.41, 5.74) is 1.49. The van der Waals surface area contributed by atoms with E-state index in [1.54, 1.807) is 6.07 Å². The van der Waals surface area contributed by atoms with Crippen LogP contribution in [0.5, 0.6) is 0 Å². The molecule has 0 saturated carbocycles. The van der Waals surface area contributed by atoms with Crippen molar-refractivity contribution >= 4 is 5.97 Å². The van der Waals surface area contributed by atoms with Crippen LogP contribution in [0.2, 0.25) is 0 Å². The maximum absolute atomic E-state index is 10.6. The van der Waals surface area contributed by atoms with Crippen molar-refractivity contribution in [3.05, 3.63) is 34.9 Å². The van der Waals surface area contributed by atoms with E-state index in [0.29, 0.717) is 5.56 Å². The lowest BCUT2D eigenvalue weighted by Crippen LogP contribution is -1.98. The number of aromatic carboxylic acids is 1. The van der Waals surface area contributed by atoms with Crippen LogP contribution in [0, 0.1) is 11.3 Å². The Morgan fingerprint density at radius 2 is 2.31 bits per heavy atom. The van der Waals surface area contributed by atoms with Crippen LogP contribution in [-0.2, 0) is 6.42 Å². The molecule has 0 aliphatic rings. The van der Waals surface area contributed by atoms with Crippen LogP contribution in [0.25, 0.3) is 0 Å². The highest BCUT2D eigenvalue weighted by Crippen LogP contribution is 2.11. The smallest absolute Gasteiger partial charge is 0.335 e. The molecule has 1 N–H and O–H groups in total. The van der Waals surface area contributed by atoms with E-state index < -0.39 is 5.97 Å². The molecule has 1 aromatic carbocycles. The van der Waals surface area contributed by atoms with Gasteiger partial charge in [-0.2, -0.15) is 5.26 Å². The lowest BCUT2D eigenvalue weighted by atomic mass is 10.0. The molecule has 0 spiro atoms. The molecule has 0 aliphatic carbocycles. The van der Waals surface area contributed by atoms with Gasteiger partial charge in [-0.05, 0) is 24.1 Å². The zero-order valence-electron chi connectivity index (χ0n) is 7.24. The van der Waals surface area contributed by atoms with Gasteiger partial charge in [0.05, 0.1) is 17.2 Å². The van der Waals surface area contributed by atoms with Gasteiger partial charge < -0.3 is 5.11 Å². The molecule has 0 heterocycles. The third kappa shape index (κ3) is 1.85. The van der Waals surface area contributed by atoms with E-state index >= 15 is 0 Å². The molecule has 0 saturated heterocycles. The second-order valence-corrected chi connectivity index (χ2v) is 2.64. The van der Waals surface area contributed by atoms with Crippen molar-refractivity contribution in [2.24, 2.45) is 0 Å². The number of hydrogen-bond donors (Lipinski definition) is 1. The summed E-state index contributed by atoms with van der Waals surface area (Å²) >= 11 is 0. The Kier molecular flexibility index (Phi) is 2.65. The number of rotatable bonds is 2. The normalized spacial score (nSPS) is 9.23. The van der Waals surface area contributed by atoms with E-state index in [9.17, 15) is 4.79 Å². The Morgan fingerprint density at radius 3 is 2.77 bits per heavy atom. The minimum absolute atomic E-state index is 0.161. The minimum Gasteiger partial charge on any atom is -0.478 e. The summed E-state index contributed by atoms with van der Waals surface area (Å²) < 4.78 is 0. The second-order valence-electron chi connectivity index (χ2n) is 2.64. The fourth-order valence-electron chi connectivity index (χ4n) is 1.12. The first-order valence-electron chi connectivity index (χ1n) is 3.95. The lowest BCUT2D eigenvalue weighted by molar-refractivity contribution is 0.0697. The van der Waals surface area contributed by atoms with Crippen LogP contribution >= 0.6 is 0 Å². The van der Waals surface area contributed by atoms with Crippen molar-refractivity contribution in [2.45, 2.75) is 13.3 Å². The van der Waals surface area contributed by atoms with E-state index in [-0.39, 0.29) is 5.56 Å². The number of nitrogens with zero attached hydrogens (tertiary/aromatic N) is 1. The molecule has 0 atom stereocenters. The minimum atomic E-state index is -1.00. The van der Waals surface area contributed by atoms with Crippen LogP contribution in [0.15, 0.2) is 18.2 Å². The summed E-state index contributed by atoms with van der Waals surface area (Å²) in [6, 6.07) is 6.58. The molecule has 3 nitrogen and oxygen atoms in total. The molecule has 3 heteroatoms. The SMILES string of the molecule is CCc1ccc(C(=O)O)cc1C#N. The van der Waals surface area contributed by atoms with Crippen molar-refractivity contribution in [1.29, 1.82) is 5.26 Å². The molecule has 0 aromatic heterocycles. The molecule has 1 aromatic rings. The third-order valence-corrected chi connectivity index (χ3v) is 1.86. The fourth-order valence-corrected chi connectivity index (χ4v) is 1.12. The first kappa shape index (κ1) is 9.27. The first-order valence-corrected chi connectivity index (χ1v) is 3.95. The molecule has 0 radical (unpaired) electrons. The predicted molar refractivity (Wildman–Crippen MR) is 47.5 cm³/mol. The van der Waals surface area contributed by atoms with Gasteiger partial charge in [-0.25, -0.2) is 4.79 Å². The van der Waals surface area contributed by atoms with Gasteiger partial charge in [-0.3, -0.25) is 0 Å². The maximum Gasteiger partial charge on any atom is 0.335 e. The standard InChI is InChI=1S/C10H9NO2/c1-2-7-3-4-8(10(12)13)5-9(7)6-11/h3-5H,2H2,1H3,(H,12,13). The van der Waals surface area contributed by atoms with E-state index in [0.717, 1.165) is 12.0 Å². The van der Waals surface area contributed by atoms with Crippen molar-refractivity contribution in [1.82, 2.24) is 0 Å². The van der Waals surface area contributed by atoms with Crippen molar-refractivity contribution < 1.29 is 9.90 Å². The Balaban J connectivity index is 3.23. The van der Waals surface area contributed by atoms with Crippen LogP contribution in [-0.4, -0.2) is 11.1 Å². The number of carboxylic acid groups (broad SMARTS) is 1. The van der Waals surface area contributed by atoms with E-state index in [1.807, 2.05) is 13.0 Å². The number of benzene rings is 1. The van der Waals surface area contributed by atoms with Crippen LogP contribution in [0.1, 0.15) is 28.4 Å². The molecule has 0 fully saturated rings. The highest BCUT2D eigenvalue weighted by Gasteiger charge is 2.06. The molecular weight excluding hydrogens is 166 g/mol.